The van der Waals surface area contributed by atoms with E-state index in [-0.39, 0.29) is 0 Å². The number of hydrogen-bond acceptors (Lipinski definition) is 1. The zero-order valence-electron chi connectivity index (χ0n) is 12.3. The summed E-state index contributed by atoms with van der Waals surface area (Å²) < 4.78 is 0. The van der Waals surface area contributed by atoms with E-state index in [1.54, 1.807) is 0 Å². The molecule has 0 bridgehead atoms. The summed E-state index contributed by atoms with van der Waals surface area (Å²) in [5, 5.41) is 4.85. The number of halogens is 2. The van der Waals surface area contributed by atoms with E-state index in [4.69, 9.17) is 23.2 Å². The SMILES string of the molecule is CC(NCC1C(C)(C)C1(C)C)c1ccc(Cl)c(Cl)c1. The number of nitrogens with one attached hydrogen (secondary N) is 1. The topological polar surface area (TPSA) is 12.0 Å². The normalized spacial score (nSPS) is 22.3. The van der Waals surface area contributed by atoms with Gasteiger partial charge in [0.2, 0.25) is 0 Å². The van der Waals surface area contributed by atoms with E-state index in [2.05, 4.69) is 39.9 Å². The first-order valence-corrected chi connectivity index (χ1v) is 7.62. The summed E-state index contributed by atoms with van der Waals surface area (Å²) in [6.07, 6.45) is 0. The van der Waals surface area contributed by atoms with Gasteiger partial charge in [0.1, 0.15) is 0 Å². The van der Waals surface area contributed by atoms with Gasteiger partial charge in [0, 0.05) is 6.04 Å². The summed E-state index contributed by atoms with van der Waals surface area (Å²) in [6.45, 7) is 12.6. The van der Waals surface area contributed by atoms with Crippen molar-refractivity contribution in [1.82, 2.24) is 5.32 Å². The first-order valence-electron chi connectivity index (χ1n) is 6.86. The third-order valence-corrected chi connectivity index (χ3v) is 6.13. The van der Waals surface area contributed by atoms with Crippen LogP contribution in [0.3, 0.4) is 0 Å². The van der Waals surface area contributed by atoms with Gasteiger partial charge in [-0.05, 0) is 47.9 Å². The van der Waals surface area contributed by atoms with Crippen molar-refractivity contribution >= 4 is 23.2 Å². The minimum absolute atomic E-state index is 0.293. The molecule has 1 atom stereocenters. The second kappa shape index (κ2) is 4.95. The van der Waals surface area contributed by atoms with Gasteiger partial charge in [0.15, 0.2) is 0 Å². The zero-order valence-corrected chi connectivity index (χ0v) is 13.9. The Kier molecular flexibility index (Phi) is 3.94. The highest BCUT2D eigenvalue weighted by molar-refractivity contribution is 6.42. The van der Waals surface area contributed by atoms with E-state index in [1.165, 1.54) is 5.56 Å². The highest BCUT2D eigenvalue weighted by Gasteiger charge is 2.63. The Hall–Kier alpha value is -0.240. The van der Waals surface area contributed by atoms with E-state index < -0.39 is 0 Å². The molecule has 0 saturated heterocycles. The van der Waals surface area contributed by atoms with E-state index in [0.717, 1.165) is 12.5 Å². The predicted octanol–water partition coefficient (Wildman–Crippen LogP) is 5.33. The van der Waals surface area contributed by atoms with Crippen LogP contribution in [0.1, 0.15) is 46.2 Å². The van der Waals surface area contributed by atoms with Gasteiger partial charge in [0.25, 0.3) is 0 Å². The highest BCUT2D eigenvalue weighted by Crippen LogP contribution is 2.68. The predicted molar refractivity (Wildman–Crippen MR) is 83.9 cm³/mol. The molecule has 1 aliphatic rings. The highest BCUT2D eigenvalue weighted by atomic mass is 35.5. The molecular weight excluding hydrogens is 277 g/mol. The van der Waals surface area contributed by atoms with Gasteiger partial charge in [-0.2, -0.15) is 0 Å². The van der Waals surface area contributed by atoms with E-state index in [0.29, 0.717) is 26.9 Å². The lowest BCUT2D eigenvalue weighted by Gasteiger charge is -2.15. The van der Waals surface area contributed by atoms with Crippen molar-refractivity contribution in [3.63, 3.8) is 0 Å². The van der Waals surface area contributed by atoms with Crippen LogP contribution in [0.2, 0.25) is 10.0 Å². The lowest BCUT2D eigenvalue weighted by molar-refractivity contribution is 0.457. The van der Waals surface area contributed by atoms with Crippen LogP contribution in [0, 0.1) is 16.7 Å². The van der Waals surface area contributed by atoms with Crippen LogP contribution in [-0.2, 0) is 0 Å². The number of rotatable bonds is 4. The Balaban J connectivity index is 1.96. The molecule has 1 aromatic rings. The molecule has 0 aliphatic heterocycles. The van der Waals surface area contributed by atoms with Crippen LogP contribution in [0.5, 0.6) is 0 Å². The molecular formula is C16H23Cl2N. The largest absolute Gasteiger partial charge is 0.310 e. The molecule has 0 heterocycles. The van der Waals surface area contributed by atoms with Crippen LogP contribution >= 0.6 is 23.2 Å². The summed E-state index contributed by atoms with van der Waals surface area (Å²) >= 11 is 12.0. The molecule has 0 radical (unpaired) electrons. The molecule has 3 heteroatoms. The summed E-state index contributed by atoms with van der Waals surface area (Å²) in [6, 6.07) is 6.14. The first-order chi connectivity index (χ1) is 8.68. The molecule has 2 rings (SSSR count). The summed E-state index contributed by atoms with van der Waals surface area (Å²) in [4.78, 5) is 0. The van der Waals surface area contributed by atoms with Gasteiger partial charge in [-0.3, -0.25) is 0 Å². The lowest BCUT2D eigenvalue weighted by Crippen LogP contribution is -2.23. The van der Waals surface area contributed by atoms with Crippen molar-refractivity contribution in [2.24, 2.45) is 16.7 Å². The Morgan fingerprint density at radius 3 is 2.16 bits per heavy atom. The van der Waals surface area contributed by atoms with Gasteiger partial charge >= 0.3 is 0 Å². The molecule has 1 aromatic carbocycles. The van der Waals surface area contributed by atoms with Crippen molar-refractivity contribution in [3.05, 3.63) is 33.8 Å². The third-order valence-electron chi connectivity index (χ3n) is 5.39. The molecule has 0 aromatic heterocycles. The molecule has 1 aliphatic carbocycles. The minimum Gasteiger partial charge on any atom is -0.310 e. The second-order valence-corrected chi connectivity index (χ2v) is 7.61. The van der Waals surface area contributed by atoms with Gasteiger partial charge in [-0.1, -0.05) is 57.0 Å². The fourth-order valence-corrected chi connectivity index (χ4v) is 3.34. The van der Waals surface area contributed by atoms with Crippen LogP contribution in [-0.4, -0.2) is 6.54 Å². The summed E-state index contributed by atoms with van der Waals surface area (Å²) in [7, 11) is 0. The maximum absolute atomic E-state index is 6.06. The summed E-state index contributed by atoms with van der Waals surface area (Å²) in [5.74, 6) is 0.727. The smallest absolute Gasteiger partial charge is 0.0595 e. The quantitative estimate of drug-likeness (QED) is 0.793. The number of benzene rings is 1. The van der Waals surface area contributed by atoms with Crippen LogP contribution in [0.25, 0.3) is 0 Å². The Labute approximate surface area is 126 Å². The molecule has 1 fully saturated rings. The summed E-state index contributed by atoms with van der Waals surface area (Å²) in [5.41, 5.74) is 2.04. The van der Waals surface area contributed by atoms with Gasteiger partial charge in [-0.15, -0.1) is 0 Å². The molecule has 1 unspecified atom stereocenters. The Morgan fingerprint density at radius 2 is 1.68 bits per heavy atom. The van der Waals surface area contributed by atoms with Crippen molar-refractivity contribution in [3.8, 4) is 0 Å². The van der Waals surface area contributed by atoms with Crippen molar-refractivity contribution in [2.75, 3.05) is 6.54 Å². The fraction of sp³-hybridized carbons (Fsp3) is 0.625. The molecule has 1 nitrogen and oxygen atoms in total. The minimum atomic E-state index is 0.293. The average molecular weight is 300 g/mol. The van der Waals surface area contributed by atoms with Gasteiger partial charge in [-0.25, -0.2) is 0 Å². The molecule has 0 spiro atoms. The van der Waals surface area contributed by atoms with Crippen LogP contribution in [0.4, 0.5) is 0 Å². The molecule has 1 N–H and O–H groups in total. The van der Waals surface area contributed by atoms with Gasteiger partial charge < -0.3 is 5.32 Å². The Bertz CT molecular complexity index is 466. The van der Waals surface area contributed by atoms with E-state index >= 15 is 0 Å². The molecule has 0 amide bonds. The standard InChI is InChI=1S/C16H23Cl2N/c1-10(11-6-7-12(17)13(18)8-11)19-9-14-15(2,3)16(14,4)5/h6-8,10,14,19H,9H2,1-5H3. The fourth-order valence-electron chi connectivity index (χ4n) is 3.04. The average Bonchev–Trinajstić information content (AvgIpc) is 2.70. The first kappa shape index (κ1) is 15.2. The maximum Gasteiger partial charge on any atom is 0.0595 e. The number of hydrogen-bond donors (Lipinski definition) is 1. The second-order valence-electron chi connectivity index (χ2n) is 6.80. The maximum atomic E-state index is 6.06. The van der Waals surface area contributed by atoms with Crippen molar-refractivity contribution in [1.29, 1.82) is 0 Å². The third kappa shape index (κ3) is 2.66. The monoisotopic (exact) mass is 299 g/mol. The molecule has 1 saturated carbocycles. The van der Waals surface area contributed by atoms with Crippen LogP contribution < -0.4 is 5.32 Å². The van der Waals surface area contributed by atoms with Crippen LogP contribution in [0.15, 0.2) is 18.2 Å². The zero-order chi connectivity index (χ0) is 14.4. The molecule has 19 heavy (non-hydrogen) atoms. The van der Waals surface area contributed by atoms with E-state index in [9.17, 15) is 0 Å². The van der Waals surface area contributed by atoms with Gasteiger partial charge in [0.05, 0.1) is 10.0 Å². The van der Waals surface area contributed by atoms with E-state index in [1.807, 2.05) is 18.2 Å². The molecule has 106 valence electrons. The Morgan fingerprint density at radius 1 is 1.11 bits per heavy atom. The lowest BCUT2D eigenvalue weighted by atomic mass is 10.0. The van der Waals surface area contributed by atoms with Crippen molar-refractivity contribution < 1.29 is 0 Å². The van der Waals surface area contributed by atoms with Crippen molar-refractivity contribution in [2.45, 2.75) is 40.7 Å².